The van der Waals surface area contributed by atoms with Crippen molar-refractivity contribution >= 4 is 39.1 Å². The van der Waals surface area contributed by atoms with Crippen LogP contribution in [-0.2, 0) is 14.9 Å². The van der Waals surface area contributed by atoms with Crippen LogP contribution >= 0.6 is 11.3 Å². The number of aromatic amines is 1. The van der Waals surface area contributed by atoms with E-state index in [0.29, 0.717) is 30.0 Å². The quantitative estimate of drug-likeness (QED) is 0.390. The van der Waals surface area contributed by atoms with E-state index in [1.165, 1.54) is 19.3 Å². The van der Waals surface area contributed by atoms with E-state index in [4.69, 9.17) is 14.5 Å². The second-order valence-electron chi connectivity index (χ2n) is 11.4. The maximum absolute atomic E-state index is 13.8. The molecular formula is C30H38N4O4S. The first-order chi connectivity index (χ1) is 18.6. The average molecular weight is 551 g/mol. The molecule has 9 heteroatoms. The molecule has 5 rings (SSSR count). The summed E-state index contributed by atoms with van der Waals surface area (Å²) in [6, 6.07) is 7.26. The molecule has 0 atom stereocenters. The van der Waals surface area contributed by atoms with Gasteiger partial charge in [-0.3, -0.25) is 9.69 Å². The number of carbonyl (C=O) groups is 2. The van der Waals surface area contributed by atoms with Crippen molar-refractivity contribution in [2.45, 2.75) is 65.4 Å². The van der Waals surface area contributed by atoms with Crippen LogP contribution in [0.1, 0.15) is 73.6 Å². The summed E-state index contributed by atoms with van der Waals surface area (Å²) in [4.78, 5) is 40.2. The van der Waals surface area contributed by atoms with Gasteiger partial charge in [0.2, 0.25) is 0 Å². The minimum absolute atomic E-state index is 0.186. The molecule has 2 aromatic heterocycles. The number of thiazole rings is 1. The standard InChI is InChI=1S/C30H38N4O4S/c1-19(2)38-29(36)23-17-34(18-30(4,5)24-25(23)32-27-26(24)31-20(3)39-27)28(35)21-9-11-22(12-10-21)37-16-15-33-13-7-6-8-14-33/h9-12,17,19,32H,6-8,13-16,18H2,1-5H3. The molecule has 1 amide bonds. The molecule has 0 saturated carbocycles. The van der Waals surface area contributed by atoms with E-state index < -0.39 is 11.4 Å². The number of H-pyrrole nitrogens is 1. The highest BCUT2D eigenvalue weighted by molar-refractivity contribution is 7.18. The van der Waals surface area contributed by atoms with Crippen LogP contribution in [0.2, 0.25) is 0 Å². The molecule has 3 aromatic rings. The Balaban J connectivity index is 1.39. The van der Waals surface area contributed by atoms with Gasteiger partial charge in [0.15, 0.2) is 0 Å². The number of fused-ring (bicyclic) bond motifs is 3. The van der Waals surface area contributed by atoms with Crippen LogP contribution in [0.15, 0.2) is 30.5 Å². The van der Waals surface area contributed by atoms with E-state index in [9.17, 15) is 9.59 Å². The Hall–Kier alpha value is -3.17. The van der Waals surface area contributed by atoms with Crippen LogP contribution in [0.4, 0.5) is 0 Å². The number of aryl methyl sites for hydroxylation is 1. The predicted molar refractivity (Wildman–Crippen MR) is 154 cm³/mol. The van der Waals surface area contributed by atoms with Crippen molar-refractivity contribution in [2.24, 2.45) is 0 Å². The number of ether oxygens (including phenoxy) is 2. The summed E-state index contributed by atoms with van der Waals surface area (Å²) in [5.41, 5.74) is 2.84. The fraction of sp³-hybridized carbons (Fsp3) is 0.500. The van der Waals surface area contributed by atoms with Crippen LogP contribution < -0.4 is 4.74 Å². The van der Waals surface area contributed by atoms with Gasteiger partial charge >= 0.3 is 5.97 Å². The Morgan fingerprint density at radius 2 is 1.85 bits per heavy atom. The molecule has 4 heterocycles. The van der Waals surface area contributed by atoms with Gasteiger partial charge in [-0.1, -0.05) is 20.3 Å². The third-order valence-electron chi connectivity index (χ3n) is 7.31. The highest BCUT2D eigenvalue weighted by Crippen LogP contribution is 2.41. The lowest BCUT2D eigenvalue weighted by Gasteiger charge is -2.29. The number of aromatic nitrogens is 2. The van der Waals surface area contributed by atoms with E-state index in [1.807, 2.05) is 32.9 Å². The van der Waals surface area contributed by atoms with Gasteiger partial charge in [-0.15, -0.1) is 11.3 Å². The van der Waals surface area contributed by atoms with E-state index in [1.54, 1.807) is 34.6 Å². The van der Waals surface area contributed by atoms with Crippen molar-refractivity contribution in [1.82, 2.24) is 19.8 Å². The molecule has 1 saturated heterocycles. The minimum Gasteiger partial charge on any atom is -0.492 e. The molecular weight excluding hydrogens is 512 g/mol. The molecule has 0 unspecified atom stereocenters. The first-order valence-electron chi connectivity index (χ1n) is 13.8. The maximum Gasteiger partial charge on any atom is 0.342 e. The monoisotopic (exact) mass is 550 g/mol. The number of likely N-dealkylation sites (tertiary alicyclic amines) is 1. The van der Waals surface area contributed by atoms with Crippen molar-refractivity contribution in [3.05, 3.63) is 52.3 Å². The maximum atomic E-state index is 13.8. The van der Waals surface area contributed by atoms with Crippen molar-refractivity contribution in [3.8, 4) is 5.75 Å². The van der Waals surface area contributed by atoms with Crippen molar-refractivity contribution < 1.29 is 19.1 Å². The molecule has 2 aliphatic heterocycles. The largest absolute Gasteiger partial charge is 0.492 e. The summed E-state index contributed by atoms with van der Waals surface area (Å²) in [7, 11) is 0. The number of nitrogens with one attached hydrogen (secondary N) is 1. The Morgan fingerprint density at radius 3 is 2.54 bits per heavy atom. The van der Waals surface area contributed by atoms with E-state index in [2.05, 4.69) is 23.7 Å². The van der Waals surface area contributed by atoms with E-state index in [0.717, 1.165) is 46.3 Å². The predicted octanol–water partition coefficient (Wildman–Crippen LogP) is 5.52. The summed E-state index contributed by atoms with van der Waals surface area (Å²) < 4.78 is 11.5. The average Bonchev–Trinajstić information content (AvgIpc) is 3.38. The summed E-state index contributed by atoms with van der Waals surface area (Å²) in [6.07, 6.45) is 5.18. The van der Waals surface area contributed by atoms with Gasteiger partial charge in [0.25, 0.3) is 5.91 Å². The highest BCUT2D eigenvalue weighted by Gasteiger charge is 2.38. The second-order valence-corrected chi connectivity index (χ2v) is 12.6. The molecule has 1 fully saturated rings. The number of piperidine rings is 1. The SMILES string of the molecule is Cc1nc2c3c([nH]c2s1)C(C(=O)OC(C)C)=CN(C(=O)c1ccc(OCCN2CCCCC2)cc1)CC3(C)C. The summed E-state index contributed by atoms with van der Waals surface area (Å²) in [6.45, 7) is 14.0. The lowest BCUT2D eigenvalue weighted by molar-refractivity contribution is -0.140. The molecule has 0 bridgehead atoms. The van der Waals surface area contributed by atoms with Gasteiger partial charge in [-0.05, 0) is 71.0 Å². The molecule has 0 spiro atoms. The smallest absolute Gasteiger partial charge is 0.342 e. The number of esters is 1. The lowest BCUT2D eigenvalue weighted by Crippen LogP contribution is -2.37. The number of benzene rings is 1. The summed E-state index contributed by atoms with van der Waals surface area (Å²) in [5.74, 6) is 0.0891. The van der Waals surface area contributed by atoms with Crippen LogP contribution in [0.5, 0.6) is 5.75 Å². The molecule has 0 aliphatic carbocycles. The first-order valence-corrected chi connectivity index (χ1v) is 14.6. The Labute approximate surface area is 234 Å². The minimum atomic E-state index is -0.475. The normalized spacial score (nSPS) is 17.6. The number of hydrogen-bond acceptors (Lipinski definition) is 7. The van der Waals surface area contributed by atoms with Crippen LogP contribution in [0.25, 0.3) is 15.9 Å². The molecule has 1 N–H and O–H groups in total. The number of hydrogen-bond donors (Lipinski definition) is 1. The van der Waals surface area contributed by atoms with Crippen LogP contribution in [0, 0.1) is 6.92 Å². The molecule has 0 radical (unpaired) electrons. The highest BCUT2D eigenvalue weighted by atomic mass is 32.1. The number of amides is 1. The molecule has 208 valence electrons. The van der Waals surface area contributed by atoms with Crippen LogP contribution in [-0.4, -0.2) is 70.5 Å². The van der Waals surface area contributed by atoms with Crippen molar-refractivity contribution in [1.29, 1.82) is 0 Å². The Kier molecular flexibility index (Phi) is 7.82. The molecule has 2 aliphatic rings. The first kappa shape index (κ1) is 27.4. The van der Waals surface area contributed by atoms with Gasteiger partial charge in [0.1, 0.15) is 22.7 Å². The molecule has 8 nitrogen and oxygen atoms in total. The number of nitrogens with zero attached hydrogens (tertiary/aromatic N) is 3. The Morgan fingerprint density at radius 1 is 1.13 bits per heavy atom. The van der Waals surface area contributed by atoms with Crippen LogP contribution in [0.3, 0.4) is 0 Å². The van der Waals surface area contributed by atoms with Gasteiger partial charge in [0.05, 0.1) is 22.4 Å². The van der Waals surface area contributed by atoms with Crippen molar-refractivity contribution in [3.63, 3.8) is 0 Å². The summed E-state index contributed by atoms with van der Waals surface area (Å²) in [5, 5.41) is 0.945. The van der Waals surface area contributed by atoms with Gasteiger partial charge in [0, 0.05) is 35.8 Å². The Bertz CT molecular complexity index is 1380. The zero-order valence-corrected chi connectivity index (χ0v) is 24.3. The van der Waals surface area contributed by atoms with Crippen molar-refractivity contribution in [2.75, 3.05) is 32.8 Å². The van der Waals surface area contributed by atoms with E-state index in [-0.39, 0.29) is 12.0 Å². The third-order valence-corrected chi connectivity index (χ3v) is 8.19. The van der Waals surface area contributed by atoms with Gasteiger partial charge in [-0.2, -0.15) is 0 Å². The topological polar surface area (TPSA) is 87.8 Å². The fourth-order valence-corrected chi connectivity index (χ4v) is 6.34. The second kappa shape index (κ2) is 11.1. The third kappa shape index (κ3) is 5.89. The fourth-order valence-electron chi connectivity index (χ4n) is 5.51. The number of carbonyl (C=O) groups excluding carboxylic acids is 2. The zero-order chi connectivity index (χ0) is 27.7. The van der Waals surface area contributed by atoms with Gasteiger partial charge < -0.3 is 19.4 Å². The van der Waals surface area contributed by atoms with Gasteiger partial charge in [-0.25, -0.2) is 9.78 Å². The zero-order valence-electron chi connectivity index (χ0n) is 23.5. The molecule has 39 heavy (non-hydrogen) atoms. The van der Waals surface area contributed by atoms with E-state index >= 15 is 0 Å². The summed E-state index contributed by atoms with van der Waals surface area (Å²) >= 11 is 1.56. The lowest BCUT2D eigenvalue weighted by atomic mass is 9.83. The molecule has 1 aromatic carbocycles. The number of rotatable bonds is 7.